The van der Waals surface area contributed by atoms with Crippen LogP contribution in [0.4, 0.5) is 23.7 Å². The number of thioether (sulfide) groups is 1. The molecule has 3 amide bonds. The first-order valence-corrected chi connectivity index (χ1v) is 9.37. The lowest BCUT2D eigenvalue weighted by Crippen LogP contribution is -2.27. The Morgan fingerprint density at radius 1 is 1.07 bits per heavy atom. The minimum Gasteiger partial charge on any atom is -0.484 e. The molecule has 0 saturated carbocycles. The highest BCUT2D eigenvalue weighted by atomic mass is 32.2. The molecular formula is C19H15F3N2O4S. The van der Waals surface area contributed by atoms with Crippen molar-refractivity contribution < 1.29 is 32.3 Å². The maximum atomic E-state index is 12.5. The van der Waals surface area contributed by atoms with Gasteiger partial charge >= 0.3 is 6.18 Å². The molecule has 1 aliphatic heterocycles. The highest BCUT2D eigenvalue weighted by Gasteiger charge is 2.30. The van der Waals surface area contributed by atoms with E-state index in [1.54, 1.807) is 24.3 Å². The Kier molecular flexibility index (Phi) is 6.12. The third-order valence-electron chi connectivity index (χ3n) is 3.97. The summed E-state index contributed by atoms with van der Waals surface area (Å²) >= 11 is 0.961. The van der Waals surface area contributed by atoms with Crippen LogP contribution in [0.1, 0.15) is 11.1 Å². The highest BCUT2D eigenvalue weighted by Crippen LogP contribution is 2.30. The van der Waals surface area contributed by atoms with E-state index in [2.05, 4.69) is 5.32 Å². The Labute approximate surface area is 168 Å². The molecule has 10 heteroatoms. The first-order valence-electron chi connectivity index (χ1n) is 8.38. The fourth-order valence-corrected chi connectivity index (χ4v) is 3.22. The summed E-state index contributed by atoms with van der Waals surface area (Å²) in [4.78, 5) is 36.3. The number of carbonyl (C=O) groups is 3. The Bertz CT molecular complexity index is 899. The quantitative estimate of drug-likeness (QED) is 0.761. The molecule has 0 bridgehead atoms. The number of carbonyl (C=O) groups excluding carboxylic acids is 3. The molecule has 29 heavy (non-hydrogen) atoms. The molecule has 2 aromatic rings. The van der Waals surface area contributed by atoms with Gasteiger partial charge in [-0.15, -0.1) is 0 Å². The third kappa shape index (κ3) is 5.50. The molecule has 1 aliphatic rings. The lowest BCUT2D eigenvalue weighted by Gasteiger charge is -2.13. The van der Waals surface area contributed by atoms with Crippen molar-refractivity contribution in [2.45, 2.75) is 12.7 Å². The van der Waals surface area contributed by atoms with Crippen LogP contribution in [-0.2, 0) is 22.3 Å². The number of hydrogen-bond acceptors (Lipinski definition) is 5. The molecule has 1 saturated heterocycles. The largest absolute Gasteiger partial charge is 0.484 e. The first-order chi connectivity index (χ1) is 13.7. The van der Waals surface area contributed by atoms with Crippen LogP contribution in [0.15, 0.2) is 48.5 Å². The Balaban J connectivity index is 1.49. The Hall–Kier alpha value is -3.01. The van der Waals surface area contributed by atoms with Gasteiger partial charge in [-0.25, -0.2) is 0 Å². The number of imide groups is 1. The number of nitrogens with zero attached hydrogens (tertiary/aromatic N) is 1. The zero-order valence-electron chi connectivity index (χ0n) is 14.9. The van der Waals surface area contributed by atoms with Crippen LogP contribution in [-0.4, -0.2) is 34.3 Å². The van der Waals surface area contributed by atoms with Crippen molar-refractivity contribution in [2.75, 3.05) is 17.7 Å². The van der Waals surface area contributed by atoms with Crippen LogP contribution in [0.3, 0.4) is 0 Å². The van der Waals surface area contributed by atoms with Crippen molar-refractivity contribution in [3.63, 3.8) is 0 Å². The molecule has 1 heterocycles. The summed E-state index contributed by atoms with van der Waals surface area (Å²) in [5.74, 6) is -0.440. The van der Waals surface area contributed by atoms with E-state index in [0.29, 0.717) is 5.69 Å². The molecule has 0 spiro atoms. The number of benzene rings is 2. The van der Waals surface area contributed by atoms with E-state index in [9.17, 15) is 27.6 Å². The zero-order chi connectivity index (χ0) is 21.0. The van der Waals surface area contributed by atoms with Crippen molar-refractivity contribution in [3.05, 3.63) is 59.7 Å². The maximum Gasteiger partial charge on any atom is 0.416 e. The normalized spacial score (nSPS) is 14.2. The molecule has 1 fully saturated rings. The summed E-state index contributed by atoms with van der Waals surface area (Å²) in [5, 5.41) is 2.31. The van der Waals surface area contributed by atoms with Crippen LogP contribution >= 0.6 is 11.8 Å². The van der Waals surface area contributed by atoms with E-state index in [0.717, 1.165) is 46.5 Å². The van der Waals surface area contributed by atoms with Gasteiger partial charge in [0, 0.05) is 5.69 Å². The van der Waals surface area contributed by atoms with Crippen molar-refractivity contribution in [2.24, 2.45) is 0 Å². The minimum atomic E-state index is -4.43. The number of rotatable bonds is 6. The van der Waals surface area contributed by atoms with Gasteiger partial charge in [0.1, 0.15) is 5.75 Å². The van der Waals surface area contributed by atoms with Gasteiger partial charge in [-0.1, -0.05) is 23.9 Å². The maximum absolute atomic E-state index is 12.5. The average molecular weight is 424 g/mol. The number of amides is 3. The first kappa shape index (κ1) is 20.7. The van der Waals surface area contributed by atoms with Crippen molar-refractivity contribution in [3.8, 4) is 5.75 Å². The number of alkyl halides is 3. The van der Waals surface area contributed by atoms with E-state index in [4.69, 9.17) is 4.74 Å². The molecule has 1 N–H and O–H groups in total. The lowest BCUT2D eigenvalue weighted by molar-refractivity contribution is -0.137. The summed E-state index contributed by atoms with van der Waals surface area (Å²) in [6.45, 7) is -0.211. The summed E-state index contributed by atoms with van der Waals surface area (Å²) in [6.07, 6.45) is -4.43. The SMILES string of the molecule is O=C(COc1ccc(C(F)(F)F)cc1)Nc1ccc(CN2C(=O)CSC2=O)cc1. The summed E-state index contributed by atoms with van der Waals surface area (Å²) in [6, 6.07) is 10.6. The zero-order valence-corrected chi connectivity index (χ0v) is 15.7. The molecule has 0 unspecified atom stereocenters. The van der Waals surface area contributed by atoms with Crippen LogP contribution in [0.5, 0.6) is 5.75 Å². The average Bonchev–Trinajstić information content (AvgIpc) is 2.99. The van der Waals surface area contributed by atoms with Gasteiger partial charge in [-0.2, -0.15) is 13.2 Å². The smallest absolute Gasteiger partial charge is 0.416 e. The predicted molar refractivity (Wildman–Crippen MR) is 100 cm³/mol. The second kappa shape index (κ2) is 8.56. The molecule has 0 radical (unpaired) electrons. The molecular weight excluding hydrogens is 409 g/mol. The molecule has 3 rings (SSSR count). The standard InChI is InChI=1S/C19H15F3N2O4S/c20-19(21,22)13-3-7-15(8-4-13)28-10-16(25)23-14-5-1-12(2-6-14)9-24-17(26)11-29-18(24)27/h1-8H,9-11H2,(H,23,25). The van der Waals surface area contributed by atoms with Gasteiger partial charge in [0.15, 0.2) is 6.61 Å². The summed E-state index contributed by atoms with van der Waals surface area (Å²) in [7, 11) is 0. The number of halogens is 3. The highest BCUT2D eigenvalue weighted by molar-refractivity contribution is 8.14. The number of nitrogens with one attached hydrogen (secondary N) is 1. The van der Waals surface area contributed by atoms with Gasteiger partial charge < -0.3 is 10.1 Å². The molecule has 0 aromatic heterocycles. The van der Waals surface area contributed by atoms with Crippen LogP contribution in [0.25, 0.3) is 0 Å². The van der Waals surface area contributed by atoms with Crippen molar-refractivity contribution in [1.82, 2.24) is 4.90 Å². The second-order valence-electron chi connectivity index (χ2n) is 6.09. The van der Waals surface area contributed by atoms with Gasteiger partial charge in [-0.3, -0.25) is 19.3 Å². The topological polar surface area (TPSA) is 75.7 Å². The third-order valence-corrected chi connectivity index (χ3v) is 4.83. The second-order valence-corrected chi connectivity index (χ2v) is 7.02. The van der Waals surface area contributed by atoms with Crippen molar-refractivity contribution >= 4 is 34.5 Å². The summed E-state index contributed by atoms with van der Waals surface area (Å²) < 4.78 is 42.7. The van der Waals surface area contributed by atoms with E-state index < -0.39 is 17.6 Å². The molecule has 0 atom stereocenters. The van der Waals surface area contributed by atoms with E-state index in [1.165, 1.54) is 0 Å². The Morgan fingerprint density at radius 2 is 1.72 bits per heavy atom. The van der Waals surface area contributed by atoms with E-state index >= 15 is 0 Å². The molecule has 6 nitrogen and oxygen atoms in total. The summed E-state index contributed by atoms with van der Waals surface area (Å²) in [5.41, 5.74) is 0.404. The predicted octanol–water partition coefficient (Wildman–Crippen LogP) is 3.92. The van der Waals surface area contributed by atoms with Crippen LogP contribution < -0.4 is 10.1 Å². The Morgan fingerprint density at radius 3 is 2.28 bits per heavy atom. The minimum absolute atomic E-state index is 0.140. The fraction of sp³-hybridized carbons (Fsp3) is 0.211. The number of hydrogen-bond donors (Lipinski definition) is 1. The van der Waals surface area contributed by atoms with Crippen LogP contribution in [0, 0.1) is 0 Å². The van der Waals surface area contributed by atoms with Gasteiger partial charge in [0.25, 0.3) is 11.1 Å². The molecule has 2 aromatic carbocycles. The lowest BCUT2D eigenvalue weighted by atomic mass is 10.2. The van der Waals surface area contributed by atoms with Gasteiger partial charge in [-0.05, 0) is 42.0 Å². The van der Waals surface area contributed by atoms with Gasteiger partial charge in [0.05, 0.1) is 17.9 Å². The number of anilines is 1. The number of ether oxygens (including phenoxy) is 1. The monoisotopic (exact) mass is 424 g/mol. The van der Waals surface area contributed by atoms with E-state index in [-0.39, 0.29) is 35.8 Å². The van der Waals surface area contributed by atoms with Crippen LogP contribution in [0.2, 0.25) is 0 Å². The van der Waals surface area contributed by atoms with Crippen molar-refractivity contribution in [1.29, 1.82) is 0 Å². The van der Waals surface area contributed by atoms with Gasteiger partial charge in [0.2, 0.25) is 5.91 Å². The van der Waals surface area contributed by atoms with E-state index in [1.807, 2.05) is 0 Å². The molecule has 152 valence electrons. The fourth-order valence-electron chi connectivity index (χ4n) is 2.50. The molecule has 0 aliphatic carbocycles.